The summed E-state index contributed by atoms with van der Waals surface area (Å²) in [6.45, 7) is 0. The van der Waals surface area contributed by atoms with Crippen molar-refractivity contribution in [3.05, 3.63) is 54.6 Å². The Morgan fingerprint density at radius 1 is 0.773 bits per heavy atom. The second-order valence-corrected chi connectivity index (χ2v) is 6.61. The lowest BCUT2D eigenvalue weighted by molar-refractivity contribution is 0.415. The van der Waals surface area contributed by atoms with Crippen molar-refractivity contribution in [3.8, 4) is 5.75 Å². The number of nitrogens with one attached hydrogen (secondary N) is 1. The monoisotopic (exact) mass is 303 g/mol. The van der Waals surface area contributed by atoms with Gasteiger partial charge in [0, 0.05) is 42.5 Å². The molecule has 0 bridgehead atoms. The Kier molecular flexibility index (Phi) is 2.33. The quantitative estimate of drug-likeness (QED) is 0.422. The number of aromatic nitrogens is 1. The average Bonchev–Trinajstić information content (AvgIpc) is 3.09. The first kappa shape index (κ1) is 12.1. The molecule has 3 heteroatoms. The van der Waals surface area contributed by atoms with Gasteiger partial charge in [0.1, 0.15) is 5.75 Å². The predicted molar refractivity (Wildman–Crippen MR) is 95.2 cm³/mol. The first-order chi connectivity index (χ1) is 10.8. The Bertz CT molecular complexity index is 1170. The number of rotatable bonds is 1. The number of methoxy groups -OCH3 is 1. The van der Waals surface area contributed by atoms with E-state index in [2.05, 4.69) is 53.5 Å². The zero-order valence-corrected chi connectivity index (χ0v) is 12.8. The van der Waals surface area contributed by atoms with Crippen LogP contribution in [0.2, 0.25) is 0 Å². The lowest BCUT2D eigenvalue weighted by atomic mass is 10.1. The van der Waals surface area contributed by atoms with E-state index in [1.807, 2.05) is 17.4 Å². The molecule has 0 saturated heterocycles. The standard InChI is InChI=1S/C19H13NOS/c1-21-11-6-7-12-14-10-19-15(9-17(14)20-16(12)8-11)13-4-2-3-5-18(13)22-19/h2-10,20H,1H3. The maximum atomic E-state index is 5.32. The zero-order chi connectivity index (χ0) is 14.7. The fraction of sp³-hybridized carbons (Fsp3) is 0.0526. The summed E-state index contributed by atoms with van der Waals surface area (Å²) in [6.07, 6.45) is 0. The minimum atomic E-state index is 0.881. The summed E-state index contributed by atoms with van der Waals surface area (Å²) in [5, 5.41) is 5.18. The predicted octanol–water partition coefficient (Wildman–Crippen LogP) is 5.70. The van der Waals surface area contributed by atoms with Gasteiger partial charge < -0.3 is 9.72 Å². The van der Waals surface area contributed by atoms with Gasteiger partial charge in [0.05, 0.1) is 12.6 Å². The van der Waals surface area contributed by atoms with E-state index in [1.165, 1.54) is 36.5 Å². The van der Waals surface area contributed by atoms with Gasteiger partial charge in [0.15, 0.2) is 0 Å². The third-order valence-electron chi connectivity index (χ3n) is 4.30. The molecule has 0 atom stereocenters. The van der Waals surface area contributed by atoms with Crippen molar-refractivity contribution in [2.75, 3.05) is 7.11 Å². The molecule has 3 aromatic carbocycles. The highest BCUT2D eigenvalue weighted by Gasteiger charge is 2.10. The van der Waals surface area contributed by atoms with Crippen LogP contribution in [0, 0.1) is 0 Å². The molecule has 0 radical (unpaired) electrons. The maximum absolute atomic E-state index is 5.32. The largest absolute Gasteiger partial charge is 0.497 e. The molecular weight excluding hydrogens is 290 g/mol. The first-order valence-electron chi connectivity index (χ1n) is 7.24. The van der Waals surface area contributed by atoms with Gasteiger partial charge in [-0.1, -0.05) is 18.2 Å². The smallest absolute Gasteiger partial charge is 0.120 e. The van der Waals surface area contributed by atoms with Crippen molar-refractivity contribution < 1.29 is 4.74 Å². The highest BCUT2D eigenvalue weighted by atomic mass is 32.1. The van der Waals surface area contributed by atoms with Crippen LogP contribution >= 0.6 is 11.3 Å². The van der Waals surface area contributed by atoms with Crippen molar-refractivity contribution in [3.63, 3.8) is 0 Å². The summed E-state index contributed by atoms with van der Waals surface area (Å²) >= 11 is 1.86. The van der Waals surface area contributed by atoms with Gasteiger partial charge in [-0.15, -0.1) is 11.3 Å². The number of H-pyrrole nitrogens is 1. The Hall–Kier alpha value is -2.52. The Morgan fingerprint density at radius 3 is 2.55 bits per heavy atom. The van der Waals surface area contributed by atoms with Crippen LogP contribution in [-0.4, -0.2) is 12.1 Å². The minimum absolute atomic E-state index is 0.881. The second kappa shape index (κ2) is 4.24. The molecule has 0 saturated carbocycles. The fourth-order valence-corrected chi connectivity index (χ4v) is 4.36. The van der Waals surface area contributed by atoms with Crippen LogP contribution in [0.5, 0.6) is 5.75 Å². The summed E-state index contributed by atoms with van der Waals surface area (Å²) < 4.78 is 8.00. The van der Waals surface area contributed by atoms with Gasteiger partial charge in [0.2, 0.25) is 0 Å². The molecule has 5 aromatic rings. The number of benzene rings is 3. The number of hydrogen-bond acceptors (Lipinski definition) is 2. The Balaban J connectivity index is 1.94. The molecule has 1 N–H and O–H groups in total. The van der Waals surface area contributed by atoms with Crippen LogP contribution in [-0.2, 0) is 0 Å². The van der Waals surface area contributed by atoms with Crippen LogP contribution in [0.1, 0.15) is 0 Å². The van der Waals surface area contributed by atoms with Gasteiger partial charge in [-0.3, -0.25) is 0 Å². The molecule has 2 heterocycles. The Labute approximate surface area is 130 Å². The van der Waals surface area contributed by atoms with Crippen LogP contribution in [0.25, 0.3) is 42.0 Å². The van der Waals surface area contributed by atoms with Crippen LogP contribution in [0.4, 0.5) is 0 Å². The lowest BCUT2D eigenvalue weighted by Gasteiger charge is -1.98. The van der Waals surface area contributed by atoms with E-state index < -0.39 is 0 Å². The SMILES string of the molecule is COc1ccc2c(c1)[nH]c1cc3c(cc12)sc1ccccc13. The van der Waals surface area contributed by atoms with Gasteiger partial charge in [-0.05, 0) is 30.3 Å². The van der Waals surface area contributed by atoms with Crippen molar-refractivity contribution in [1.29, 1.82) is 0 Å². The lowest BCUT2D eigenvalue weighted by Crippen LogP contribution is -1.80. The van der Waals surface area contributed by atoms with Crippen molar-refractivity contribution in [2.45, 2.75) is 0 Å². The summed E-state index contributed by atoms with van der Waals surface area (Å²) in [7, 11) is 1.70. The molecule has 0 amide bonds. The van der Waals surface area contributed by atoms with Crippen molar-refractivity contribution in [1.82, 2.24) is 4.98 Å². The van der Waals surface area contributed by atoms with Crippen molar-refractivity contribution >= 4 is 53.3 Å². The molecule has 2 nitrogen and oxygen atoms in total. The van der Waals surface area contributed by atoms with Gasteiger partial charge >= 0.3 is 0 Å². The summed E-state index contributed by atoms with van der Waals surface area (Å²) in [5.74, 6) is 0.881. The number of hydrogen-bond donors (Lipinski definition) is 1. The normalized spacial score (nSPS) is 11.9. The number of aromatic amines is 1. The average molecular weight is 303 g/mol. The molecule has 0 aliphatic rings. The topological polar surface area (TPSA) is 25.0 Å². The maximum Gasteiger partial charge on any atom is 0.120 e. The summed E-state index contributed by atoms with van der Waals surface area (Å²) in [6, 6.07) is 19.4. The van der Waals surface area contributed by atoms with E-state index in [-0.39, 0.29) is 0 Å². The minimum Gasteiger partial charge on any atom is -0.497 e. The van der Waals surface area contributed by atoms with E-state index >= 15 is 0 Å². The van der Waals surface area contributed by atoms with E-state index in [4.69, 9.17) is 4.74 Å². The number of thiophene rings is 1. The van der Waals surface area contributed by atoms with E-state index in [1.54, 1.807) is 7.11 Å². The first-order valence-corrected chi connectivity index (χ1v) is 8.06. The van der Waals surface area contributed by atoms with E-state index in [0.29, 0.717) is 0 Å². The van der Waals surface area contributed by atoms with Crippen molar-refractivity contribution in [2.24, 2.45) is 0 Å². The molecule has 22 heavy (non-hydrogen) atoms. The second-order valence-electron chi connectivity index (χ2n) is 5.53. The van der Waals surface area contributed by atoms with Gasteiger partial charge in [-0.25, -0.2) is 0 Å². The molecule has 0 aliphatic carbocycles. The number of fused-ring (bicyclic) bond motifs is 6. The zero-order valence-electron chi connectivity index (χ0n) is 12.0. The molecule has 5 rings (SSSR count). The fourth-order valence-electron chi connectivity index (χ4n) is 3.23. The molecule has 106 valence electrons. The summed E-state index contributed by atoms with van der Waals surface area (Å²) in [5.41, 5.74) is 2.30. The molecule has 0 spiro atoms. The van der Waals surface area contributed by atoms with Crippen LogP contribution < -0.4 is 4.74 Å². The van der Waals surface area contributed by atoms with Crippen LogP contribution in [0.15, 0.2) is 54.6 Å². The van der Waals surface area contributed by atoms with Gasteiger partial charge in [0.25, 0.3) is 0 Å². The van der Waals surface area contributed by atoms with E-state index in [0.717, 1.165) is 11.3 Å². The third kappa shape index (κ3) is 1.54. The Morgan fingerprint density at radius 2 is 1.64 bits per heavy atom. The summed E-state index contributed by atoms with van der Waals surface area (Å²) in [4.78, 5) is 3.52. The van der Waals surface area contributed by atoms with Crippen LogP contribution in [0.3, 0.4) is 0 Å². The molecular formula is C19H13NOS. The molecule has 0 fully saturated rings. The molecule has 2 aromatic heterocycles. The molecule has 0 unspecified atom stereocenters. The highest BCUT2D eigenvalue weighted by Crippen LogP contribution is 2.38. The van der Waals surface area contributed by atoms with E-state index in [9.17, 15) is 0 Å². The number of ether oxygens (including phenoxy) is 1. The molecule has 0 aliphatic heterocycles. The third-order valence-corrected chi connectivity index (χ3v) is 5.44. The highest BCUT2D eigenvalue weighted by molar-refractivity contribution is 7.25. The van der Waals surface area contributed by atoms with Gasteiger partial charge in [-0.2, -0.15) is 0 Å².